The van der Waals surface area contributed by atoms with E-state index in [2.05, 4.69) is 9.46 Å². The van der Waals surface area contributed by atoms with Crippen molar-refractivity contribution in [3.63, 3.8) is 0 Å². The molecule has 12 heavy (non-hydrogen) atoms. The van der Waals surface area contributed by atoms with Gasteiger partial charge in [0.15, 0.2) is 5.75 Å². The molecule has 0 aliphatic heterocycles. The van der Waals surface area contributed by atoms with Crippen molar-refractivity contribution in [2.45, 2.75) is 18.9 Å². The second kappa shape index (κ2) is 3.40. The maximum Gasteiger partial charge on any atom is 0.322 e. The maximum absolute atomic E-state index is 11.0. The summed E-state index contributed by atoms with van der Waals surface area (Å²) in [6.45, 7) is 0. The number of esters is 1. The SMILES string of the molecule is COC(=O)CS(=O)(=O)NC1CC1. The summed E-state index contributed by atoms with van der Waals surface area (Å²) in [7, 11) is -2.29. The van der Waals surface area contributed by atoms with Crippen molar-refractivity contribution < 1.29 is 17.9 Å². The van der Waals surface area contributed by atoms with Gasteiger partial charge in [0.2, 0.25) is 10.0 Å². The van der Waals surface area contributed by atoms with E-state index in [1.54, 1.807) is 0 Å². The van der Waals surface area contributed by atoms with Crippen molar-refractivity contribution in [2.75, 3.05) is 12.9 Å². The van der Waals surface area contributed by atoms with E-state index in [1.165, 1.54) is 0 Å². The number of hydrogen-bond acceptors (Lipinski definition) is 4. The van der Waals surface area contributed by atoms with Gasteiger partial charge in [-0.25, -0.2) is 13.1 Å². The number of carbonyl (C=O) groups excluding carboxylic acids is 1. The van der Waals surface area contributed by atoms with E-state index in [9.17, 15) is 13.2 Å². The van der Waals surface area contributed by atoms with E-state index in [-0.39, 0.29) is 6.04 Å². The van der Waals surface area contributed by atoms with Crippen molar-refractivity contribution in [2.24, 2.45) is 0 Å². The zero-order chi connectivity index (χ0) is 9.19. The van der Waals surface area contributed by atoms with E-state index in [4.69, 9.17) is 0 Å². The van der Waals surface area contributed by atoms with Crippen LogP contribution in [0.15, 0.2) is 0 Å². The van der Waals surface area contributed by atoms with Crippen LogP contribution in [0.5, 0.6) is 0 Å². The third-order valence-corrected chi connectivity index (χ3v) is 2.77. The van der Waals surface area contributed by atoms with Gasteiger partial charge in [0, 0.05) is 6.04 Å². The Labute approximate surface area is 71.1 Å². The van der Waals surface area contributed by atoms with Crippen LogP contribution in [0, 0.1) is 0 Å². The highest BCUT2D eigenvalue weighted by molar-refractivity contribution is 7.90. The number of ether oxygens (including phenoxy) is 1. The average Bonchev–Trinajstić information content (AvgIpc) is 2.69. The van der Waals surface area contributed by atoms with Crippen molar-refractivity contribution in [3.8, 4) is 0 Å². The second-order valence-electron chi connectivity index (χ2n) is 2.73. The molecule has 1 fully saturated rings. The molecule has 0 atom stereocenters. The minimum absolute atomic E-state index is 0.0413. The number of hydrogen-bond donors (Lipinski definition) is 1. The molecule has 0 amide bonds. The molecule has 0 saturated heterocycles. The van der Waals surface area contributed by atoms with Gasteiger partial charge in [-0.15, -0.1) is 0 Å². The third-order valence-electron chi connectivity index (χ3n) is 1.46. The highest BCUT2D eigenvalue weighted by Gasteiger charge is 2.28. The van der Waals surface area contributed by atoms with Crippen molar-refractivity contribution in [1.82, 2.24) is 4.72 Å². The third kappa shape index (κ3) is 3.19. The van der Waals surface area contributed by atoms with Crippen LogP contribution in [-0.2, 0) is 19.6 Å². The summed E-state index contributed by atoms with van der Waals surface area (Å²) in [5.74, 6) is -1.32. The molecule has 70 valence electrons. The summed E-state index contributed by atoms with van der Waals surface area (Å²) in [6.07, 6.45) is 1.72. The predicted octanol–water partition coefficient (Wildman–Crippen LogP) is -0.759. The van der Waals surface area contributed by atoms with E-state index < -0.39 is 21.7 Å². The van der Waals surface area contributed by atoms with Crippen LogP contribution in [0.25, 0.3) is 0 Å². The molecule has 0 bridgehead atoms. The van der Waals surface area contributed by atoms with Gasteiger partial charge in [0.25, 0.3) is 0 Å². The van der Waals surface area contributed by atoms with Crippen LogP contribution < -0.4 is 4.72 Å². The van der Waals surface area contributed by atoms with Crippen LogP contribution in [-0.4, -0.2) is 33.3 Å². The maximum atomic E-state index is 11.0. The van der Waals surface area contributed by atoms with Gasteiger partial charge in [0.1, 0.15) is 0 Å². The summed E-state index contributed by atoms with van der Waals surface area (Å²) in [5, 5.41) is 0. The van der Waals surface area contributed by atoms with E-state index in [0.29, 0.717) is 0 Å². The van der Waals surface area contributed by atoms with E-state index >= 15 is 0 Å². The second-order valence-corrected chi connectivity index (χ2v) is 4.48. The molecule has 0 radical (unpaired) electrons. The summed E-state index contributed by atoms with van der Waals surface area (Å²) in [4.78, 5) is 10.6. The number of rotatable bonds is 4. The lowest BCUT2D eigenvalue weighted by atomic mass is 10.8. The standard InChI is InChI=1S/C6H11NO4S/c1-11-6(8)4-12(9,10)7-5-2-3-5/h5,7H,2-4H2,1H3. The largest absolute Gasteiger partial charge is 0.468 e. The smallest absolute Gasteiger partial charge is 0.322 e. The molecule has 0 aromatic carbocycles. The van der Waals surface area contributed by atoms with Gasteiger partial charge < -0.3 is 4.74 Å². The van der Waals surface area contributed by atoms with Gasteiger partial charge in [-0.05, 0) is 12.8 Å². The summed E-state index contributed by atoms with van der Waals surface area (Å²) >= 11 is 0. The van der Waals surface area contributed by atoms with Gasteiger partial charge in [0.05, 0.1) is 7.11 Å². The number of carbonyl (C=O) groups is 1. The fourth-order valence-corrected chi connectivity index (χ4v) is 1.97. The normalized spacial score (nSPS) is 17.4. The molecule has 1 aliphatic rings. The number of methoxy groups -OCH3 is 1. The van der Waals surface area contributed by atoms with Gasteiger partial charge >= 0.3 is 5.97 Å². The van der Waals surface area contributed by atoms with Crippen LogP contribution >= 0.6 is 0 Å². The fraction of sp³-hybridized carbons (Fsp3) is 0.833. The Kier molecular flexibility index (Phi) is 2.69. The lowest BCUT2D eigenvalue weighted by Gasteiger charge is -2.02. The monoisotopic (exact) mass is 193 g/mol. The molecular weight excluding hydrogens is 182 g/mol. The summed E-state index contributed by atoms with van der Waals surface area (Å²) in [6, 6.07) is 0.0413. The molecule has 0 aromatic heterocycles. The first-order valence-electron chi connectivity index (χ1n) is 3.60. The Morgan fingerprint density at radius 1 is 1.58 bits per heavy atom. The Morgan fingerprint density at radius 3 is 2.58 bits per heavy atom. The minimum Gasteiger partial charge on any atom is -0.468 e. The first-order chi connectivity index (χ1) is 5.53. The molecule has 1 aliphatic carbocycles. The molecule has 1 rings (SSSR count). The Balaban J connectivity index is 2.41. The highest BCUT2D eigenvalue weighted by atomic mass is 32.2. The topological polar surface area (TPSA) is 72.5 Å². The zero-order valence-corrected chi connectivity index (χ0v) is 7.56. The van der Waals surface area contributed by atoms with Crippen molar-refractivity contribution in [3.05, 3.63) is 0 Å². The Hall–Kier alpha value is -0.620. The summed E-state index contributed by atoms with van der Waals surface area (Å²) < 4.78 is 28.7. The zero-order valence-electron chi connectivity index (χ0n) is 6.74. The van der Waals surface area contributed by atoms with Gasteiger partial charge in [-0.2, -0.15) is 0 Å². The molecule has 1 N–H and O–H groups in total. The molecule has 6 heteroatoms. The van der Waals surface area contributed by atoms with Crippen LogP contribution in [0.4, 0.5) is 0 Å². The Bertz CT molecular complexity index is 267. The fourth-order valence-electron chi connectivity index (χ4n) is 0.711. The summed E-state index contributed by atoms with van der Waals surface area (Å²) in [5.41, 5.74) is 0. The van der Waals surface area contributed by atoms with E-state index in [1.807, 2.05) is 0 Å². The van der Waals surface area contributed by atoms with Crippen LogP contribution in [0.3, 0.4) is 0 Å². The Morgan fingerprint density at radius 2 is 2.17 bits per heavy atom. The number of sulfonamides is 1. The molecule has 0 heterocycles. The number of nitrogens with one attached hydrogen (secondary N) is 1. The highest BCUT2D eigenvalue weighted by Crippen LogP contribution is 2.19. The van der Waals surface area contributed by atoms with Crippen LogP contribution in [0.2, 0.25) is 0 Å². The minimum atomic E-state index is -3.45. The van der Waals surface area contributed by atoms with Gasteiger partial charge in [-0.3, -0.25) is 4.79 Å². The molecule has 0 unspecified atom stereocenters. The quantitative estimate of drug-likeness (QED) is 0.596. The molecule has 5 nitrogen and oxygen atoms in total. The molecule has 1 saturated carbocycles. The lowest BCUT2D eigenvalue weighted by Crippen LogP contribution is -2.32. The van der Waals surface area contributed by atoms with Crippen molar-refractivity contribution >= 4 is 16.0 Å². The predicted molar refractivity (Wildman–Crippen MR) is 42.0 cm³/mol. The molecule has 0 aromatic rings. The first-order valence-corrected chi connectivity index (χ1v) is 5.25. The molecule has 0 spiro atoms. The van der Waals surface area contributed by atoms with Crippen LogP contribution in [0.1, 0.15) is 12.8 Å². The van der Waals surface area contributed by atoms with E-state index in [0.717, 1.165) is 20.0 Å². The first kappa shape index (κ1) is 9.47. The van der Waals surface area contributed by atoms with Crippen molar-refractivity contribution in [1.29, 1.82) is 0 Å². The average molecular weight is 193 g/mol. The van der Waals surface area contributed by atoms with Gasteiger partial charge in [-0.1, -0.05) is 0 Å². The molecular formula is C6H11NO4S. The lowest BCUT2D eigenvalue weighted by molar-refractivity contribution is -0.137.